The van der Waals surface area contributed by atoms with Gasteiger partial charge in [-0.1, -0.05) is 13.3 Å². The first-order valence-corrected chi connectivity index (χ1v) is 7.76. The Morgan fingerprint density at radius 1 is 1.26 bits per heavy atom. The summed E-state index contributed by atoms with van der Waals surface area (Å²) >= 11 is 0. The Hall–Kier alpha value is -2.50. The molecule has 1 heterocycles. The molecule has 0 bridgehead atoms. The maximum Gasteiger partial charge on any atom is 0.308 e. The SMILES string of the molecule is CCCCn1c(=O)c(OC(C)=O)c(OCC)c2ccc(N)cc21. The molecule has 124 valence electrons. The van der Waals surface area contributed by atoms with Crippen LogP contribution in [0.1, 0.15) is 33.6 Å². The van der Waals surface area contributed by atoms with Gasteiger partial charge in [0.2, 0.25) is 5.75 Å². The Bertz CT molecular complexity index is 780. The number of rotatable bonds is 6. The van der Waals surface area contributed by atoms with Gasteiger partial charge in [0.05, 0.1) is 12.1 Å². The highest BCUT2D eigenvalue weighted by Crippen LogP contribution is 2.34. The second kappa shape index (κ2) is 7.17. The van der Waals surface area contributed by atoms with Crippen molar-refractivity contribution in [1.29, 1.82) is 0 Å². The number of pyridine rings is 1. The molecular formula is C17H22N2O4. The van der Waals surface area contributed by atoms with Crippen LogP contribution in [0.3, 0.4) is 0 Å². The van der Waals surface area contributed by atoms with Gasteiger partial charge in [-0.05, 0) is 31.5 Å². The first-order valence-electron chi connectivity index (χ1n) is 7.76. The lowest BCUT2D eigenvalue weighted by atomic mass is 10.1. The molecule has 0 aliphatic carbocycles. The van der Waals surface area contributed by atoms with E-state index in [1.54, 1.807) is 22.8 Å². The van der Waals surface area contributed by atoms with Crippen molar-refractivity contribution < 1.29 is 14.3 Å². The number of ether oxygens (including phenoxy) is 2. The van der Waals surface area contributed by atoms with Crippen LogP contribution in [-0.4, -0.2) is 17.1 Å². The zero-order valence-electron chi connectivity index (χ0n) is 13.7. The van der Waals surface area contributed by atoms with Crippen molar-refractivity contribution in [2.75, 3.05) is 12.3 Å². The first-order chi connectivity index (χ1) is 11.0. The van der Waals surface area contributed by atoms with Crippen LogP contribution in [0.2, 0.25) is 0 Å². The van der Waals surface area contributed by atoms with Gasteiger partial charge >= 0.3 is 5.97 Å². The number of nitrogens with zero attached hydrogens (tertiary/aromatic N) is 1. The molecule has 0 unspecified atom stereocenters. The van der Waals surface area contributed by atoms with Crippen LogP contribution in [0.25, 0.3) is 10.9 Å². The number of anilines is 1. The van der Waals surface area contributed by atoms with Crippen LogP contribution in [-0.2, 0) is 11.3 Å². The van der Waals surface area contributed by atoms with Crippen LogP contribution in [0.4, 0.5) is 5.69 Å². The summed E-state index contributed by atoms with van der Waals surface area (Å²) in [4.78, 5) is 24.2. The molecule has 23 heavy (non-hydrogen) atoms. The maximum atomic E-state index is 12.8. The number of carbonyl (C=O) groups is 1. The predicted molar refractivity (Wildman–Crippen MR) is 90.0 cm³/mol. The van der Waals surface area contributed by atoms with Crippen LogP contribution in [0, 0.1) is 0 Å². The molecule has 1 aromatic carbocycles. The van der Waals surface area contributed by atoms with E-state index in [1.165, 1.54) is 6.92 Å². The van der Waals surface area contributed by atoms with Gasteiger partial charge in [0, 0.05) is 24.5 Å². The van der Waals surface area contributed by atoms with Crippen LogP contribution >= 0.6 is 0 Å². The van der Waals surface area contributed by atoms with Gasteiger partial charge in [0.15, 0.2) is 5.75 Å². The van der Waals surface area contributed by atoms with E-state index >= 15 is 0 Å². The average molecular weight is 318 g/mol. The van der Waals surface area contributed by atoms with Gasteiger partial charge < -0.3 is 19.8 Å². The Morgan fingerprint density at radius 3 is 2.61 bits per heavy atom. The summed E-state index contributed by atoms with van der Waals surface area (Å²) in [5.41, 5.74) is 6.74. The maximum absolute atomic E-state index is 12.8. The number of unbranched alkanes of at least 4 members (excludes halogenated alkanes) is 1. The Kier molecular flexibility index (Phi) is 5.26. The largest absolute Gasteiger partial charge is 0.489 e. The standard InChI is InChI=1S/C17H22N2O4/c1-4-6-9-19-14-10-12(18)7-8-13(14)15(22-5-2)16(17(19)21)23-11(3)20/h7-8,10H,4-6,9,18H2,1-3H3. The number of hydrogen-bond donors (Lipinski definition) is 1. The Balaban J connectivity index is 2.82. The number of nitrogens with two attached hydrogens (primary N) is 1. The minimum atomic E-state index is -0.556. The number of esters is 1. The van der Waals surface area contributed by atoms with Crippen molar-refractivity contribution in [2.24, 2.45) is 0 Å². The van der Waals surface area contributed by atoms with Gasteiger partial charge in [-0.25, -0.2) is 0 Å². The number of fused-ring (bicyclic) bond motifs is 1. The Labute approximate surface area is 134 Å². The molecule has 0 saturated heterocycles. The van der Waals surface area contributed by atoms with Crippen molar-refractivity contribution in [2.45, 2.75) is 40.2 Å². The van der Waals surface area contributed by atoms with E-state index < -0.39 is 5.97 Å². The van der Waals surface area contributed by atoms with Gasteiger partial charge in [-0.2, -0.15) is 0 Å². The topological polar surface area (TPSA) is 83.5 Å². The van der Waals surface area contributed by atoms with E-state index in [1.807, 2.05) is 13.8 Å². The molecule has 0 radical (unpaired) electrons. The number of aromatic nitrogens is 1. The Morgan fingerprint density at radius 2 is 2.00 bits per heavy atom. The molecule has 0 fully saturated rings. The third kappa shape index (κ3) is 3.47. The molecule has 2 rings (SSSR count). The fourth-order valence-corrected chi connectivity index (χ4v) is 2.47. The number of nitrogen functional groups attached to an aromatic ring is 1. The van der Waals surface area contributed by atoms with Gasteiger partial charge in [-0.3, -0.25) is 9.59 Å². The highest BCUT2D eigenvalue weighted by Gasteiger charge is 2.20. The quantitative estimate of drug-likeness (QED) is 0.654. The van der Waals surface area contributed by atoms with Gasteiger partial charge in [0.25, 0.3) is 5.56 Å². The zero-order valence-corrected chi connectivity index (χ0v) is 13.7. The summed E-state index contributed by atoms with van der Waals surface area (Å²) in [7, 11) is 0. The molecule has 1 aromatic heterocycles. The molecule has 0 saturated carbocycles. The van der Waals surface area contributed by atoms with Crippen molar-refractivity contribution >= 4 is 22.6 Å². The summed E-state index contributed by atoms with van der Waals surface area (Å²) in [5, 5.41) is 0.702. The highest BCUT2D eigenvalue weighted by molar-refractivity contribution is 5.90. The minimum Gasteiger partial charge on any atom is -0.489 e. The fourth-order valence-electron chi connectivity index (χ4n) is 2.47. The summed E-state index contributed by atoms with van der Waals surface area (Å²) < 4.78 is 12.4. The van der Waals surface area contributed by atoms with Crippen molar-refractivity contribution in [3.05, 3.63) is 28.6 Å². The summed E-state index contributed by atoms with van der Waals surface area (Å²) in [5.74, 6) is -0.330. The molecule has 2 N–H and O–H groups in total. The number of hydrogen-bond acceptors (Lipinski definition) is 5. The van der Waals surface area contributed by atoms with E-state index in [0.29, 0.717) is 29.7 Å². The van der Waals surface area contributed by atoms with Crippen molar-refractivity contribution in [3.8, 4) is 11.5 Å². The highest BCUT2D eigenvalue weighted by atomic mass is 16.6. The van der Waals surface area contributed by atoms with Crippen LogP contribution in [0.15, 0.2) is 23.0 Å². The lowest BCUT2D eigenvalue weighted by Crippen LogP contribution is -2.25. The fraction of sp³-hybridized carbons (Fsp3) is 0.412. The lowest BCUT2D eigenvalue weighted by Gasteiger charge is -2.17. The second-order valence-electron chi connectivity index (χ2n) is 5.27. The summed E-state index contributed by atoms with van der Waals surface area (Å²) in [6, 6.07) is 5.26. The van der Waals surface area contributed by atoms with E-state index in [9.17, 15) is 9.59 Å². The minimum absolute atomic E-state index is 0.0623. The molecule has 0 aliphatic rings. The molecule has 6 heteroatoms. The van der Waals surface area contributed by atoms with E-state index in [2.05, 4.69) is 0 Å². The normalized spacial score (nSPS) is 10.7. The molecular weight excluding hydrogens is 296 g/mol. The predicted octanol–water partition coefficient (Wildman–Crippen LogP) is 2.71. The summed E-state index contributed by atoms with van der Waals surface area (Å²) in [6.07, 6.45) is 1.77. The smallest absolute Gasteiger partial charge is 0.308 e. The average Bonchev–Trinajstić information content (AvgIpc) is 2.50. The third-order valence-electron chi connectivity index (χ3n) is 3.47. The molecule has 0 spiro atoms. The molecule has 0 atom stereocenters. The van der Waals surface area contributed by atoms with Gasteiger partial charge in [0.1, 0.15) is 0 Å². The number of benzene rings is 1. The van der Waals surface area contributed by atoms with E-state index in [0.717, 1.165) is 12.8 Å². The summed E-state index contributed by atoms with van der Waals surface area (Å²) in [6.45, 7) is 5.99. The van der Waals surface area contributed by atoms with Crippen molar-refractivity contribution in [3.63, 3.8) is 0 Å². The monoisotopic (exact) mass is 318 g/mol. The zero-order chi connectivity index (χ0) is 17.0. The first kappa shape index (κ1) is 16.9. The van der Waals surface area contributed by atoms with E-state index in [4.69, 9.17) is 15.2 Å². The van der Waals surface area contributed by atoms with Crippen LogP contribution in [0.5, 0.6) is 11.5 Å². The third-order valence-corrected chi connectivity index (χ3v) is 3.47. The molecule has 0 aliphatic heterocycles. The molecule has 0 amide bonds. The number of aryl methyl sites for hydroxylation is 1. The van der Waals surface area contributed by atoms with Crippen LogP contribution < -0.4 is 20.8 Å². The van der Waals surface area contributed by atoms with Gasteiger partial charge in [-0.15, -0.1) is 0 Å². The molecule has 6 nitrogen and oxygen atoms in total. The lowest BCUT2D eigenvalue weighted by molar-refractivity contribution is -0.132. The van der Waals surface area contributed by atoms with Crippen molar-refractivity contribution in [1.82, 2.24) is 4.57 Å². The second-order valence-corrected chi connectivity index (χ2v) is 5.27. The molecule has 2 aromatic rings. The number of carbonyl (C=O) groups excluding carboxylic acids is 1. The van der Waals surface area contributed by atoms with E-state index in [-0.39, 0.29) is 17.1 Å².